The molecular weight excluding hydrogens is 346 g/mol. The molecule has 0 radical (unpaired) electrons. The first-order chi connectivity index (χ1) is 8.56. The second-order valence-corrected chi connectivity index (χ2v) is 5.03. The van der Waals surface area contributed by atoms with E-state index in [1.807, 2.05) is 13.0 Å². The summed E-state index contributed by atoms with van der Waals surface area (Å²) in [6.45, 7) is 1.86. The third-order valence-electron chi connectivity index (χ3n) is 2.36. The summed E-state index contributed by atoms with van der Waals surface area (Å²) in [5.74, 6) is -0.314. The van der Waals surface area contributed by atoms with Crippen molar-refractivity contribution < 1.29 is 9.18 Å². The lowest BCUT2D eigenvalue weighted by Gasteiger charge is -2.07. The predicted octanol–water partition coefficient (Wildman–Crippen LogP) is 3.39. The van der Waals surface area contributed by atoms with Gasteiger partial charge in [-0.25, -0.2) is 9.37 Å². The molecule has 92 valence electrons. The Morgan fingerprint density at radius 2 is 2.17 bits per heavy atom. The third-order valence-corrected chi connectivity index (χ3v) is 2.95. The van der Waals surface area contributed by atoms with Crippen molar-refractivity contribution in [2.24, 2.45) is 0 Å². The molecule has 2 aromatic rings. The lowest BCUT2D eigenvalue weighted by molar-refractivity contribution is 0.102. The number of halogens is 2. The molecule has 1 aromatic heterocycles. The number of amides is 1. The van der Waals surface area contributed by atoms with Gasteiger partial charge < -0.3 is 5.32 Å². The van der Waals surface area contributed by atoms with Gasteiger partial charge in [-0.15, -0.1) is 0 Å². The molecule has 1 heterocycles. The van der Waals surface area contributed by atoms with Gasteiger partial charge in [0.1, 0.15) is 11.6 Å². The summed E-state index contributed by atoms with van der Waals surface area (Å²) in [6.07, 6.45) is 1.66. The Morgan fingerprint density at radius 3 is 2.83 bits per heavy atom. The van der Waals surface area contributed by atoms with Gasteiger partial charge in [0.2, 0.25) is 0 Å². The Morgan fingerprint density at radius 1 is 1.39 bits per heavy atom. The van der Waals surface area contributed by atoms with E-state index in [2.05, 4.69) is 32.9 Å². The van der Waals surface area contributed by atoms with E-state index in [4.69, 9.17) is 0 Å². The number of carbonyl (C=O) groups is 1. The van der Waals surface area contributed by atoms with Crippen molar-refractivity contribution in [3.8, 4) is 0 Å². The molecule has 0 aliphatic rings. The van der Waals surface area contributed by atoms with Crippen LogP contribution in [0.4, 0.5) is 10.2 Å². The lowest BCUT2D eigenvalue weighted by Crippen LogP contribution is -2.14. The SMILES string of the molecule is Cc1cc(I)cnc1NC(=O)c1cccc(F)c1. The molecule has 0 atom stereocenters. The van der Waals surface area contributed by atoms with Crippen LogP contribution in [0.5, 0.6) is 0 Å². The molecule has 5 heteroatoms. The summed E-state index contributed by atoms with van der Waals surface area (Å²) in [7, 11) is 0. The van der Waals surface area contributed by atoms with Crippen LogP contribution in [0.25, 0.3) is 0 Å². The molecule has 0 bridgehead atoms. The van der Waals surface area contributed by atoms with Gasteiger partial charge in [0.05, 0.1) is 0 Å². The Bertz CT molecular complexity index is 601. The number of pyridine rings is 1. The molecule has 2 rings (SSSR count). The first kappa shape index (κ1) is 12.9. The molecule has 0 saturated carbocycles. The molecule has 1 aromatic carbocycles. The van der Waals surface area contributed by atoms with Crippen LogP contribution in [0, 0.1) is 16.3 Å². The van der Waals surface area contributed by atoms with Crippen LogP contribution in [0.2, 0.25) is 0 Å². The molecule has 18 heavy (non-hydrogen) atoms. The van der Waals surface area contributed by atoms with Crippen LogP contribution in [0.15, 0.2) is 36.5 Å². The van der Waals surface area contributed by atoms with Crippen LogP contribution in [0.1, 0.15) is 15.9 Å². The minimum absolute atomic E-state index is 0.273. The molecule has 3 nitrogen and oxygen atoms in total. The quantitative estimate of drug-likeness (QED) is 0.839. The second kappa shape index (κ2) is 5.43. The highest BCUT2D eigenvalue weighted by molar-refractivity contribution is 14.1. The lowest BCUT2D eigenvalue weighted by atomic mass is 10.2. The van der Waals surface area contributed by atoms with E-state index in [0.717, 1.165) is 9.13 Å². The number of hydrogen-bond acceptors (Lipinski definition) is 2. The smallest absolute Gasteiger partial charge is 0.256 e. The molecule has 0 fully saturated rings. The van der Waals surface area contributed by atoms with E-state index in [-0.39, 0.29) is 11.5 Å². The van der Waals surface area contributed by atoms with Gasteiger partial charge in [-0.1, -0.05) is 6.07 Å². The number of aromatic nitrogens is 1. The average molecular weight is 356 g/mol. The number of aryl methyl sites for hydroxylation is 1. The van der Waals surface area contributed by atoms with Crippen LogP contribution in [0.3, 0.4) is 0 Å². The van der Waals surface area contributed by atoms with E-state index < -0.39 is 5.82 Å². The maximum Gasteiger partial charge on any atom is 0.256 e. The number of hydrogen-bond donors (Lipinski definition) is 1. The van der Waals surface area contributed by atoms with Crippen molar-refractivity contribution in [1.82, 2.24) is 4.98 Å². The Kier molecular flexibility index (Phi) is 3.90. The number of nitrogens with one attached hydrogen (secondary N) is 1. The van der Waals surface area contributed by atoms with E-state index >= 15 is 0 Å². The van der Waals surface area contributed by atoms with Crippen molar-refractivity contribution in [1.29, 1.82) is 0 Å². The molecule has 1 N–H and O–H groups in total. The summed E-state index contributed by atoms with van der Waals surface area (Å²) < 4.78 is 14.0. The van der Waals surface area contributed by atoms with Crippen molar-refractivity contribution in [2.75, 3.05) is 5.32 Å². The molecule has 0 unspecified atom stereocenters. The highest BCUT2D eigenvalue weighted by atomic mass is 127. The Balaban J connectivity index is 2.21. The Labute approximate surface area is 118 Å². The van der Waals surface area contributed by atoms with Crippen molar-refractivity contribution in [3.05, 3.63) is 57.0 Å². The third kappa shape index (κ3) is 3.04. The normalized spacial score (nSPS) is 10.2. The van der Waals surface area contributed by atoms with Gasteiger partial charge >= 0.3 is 0 Å². The van der Waals surface area contributed by atoms with Gasteiger partial charge in [0.15, 0.2) is 0 Å². The zero-order valence-corrected chi connectivity index (χ0v) is 11.7. The van der Waals surface area contributed by atoms with E-state index in [1.165, 1.54) is 18.2 Å². The van der Waals surface area contributed by atoms with Gasteiger partial charge in [-0.3, -0.25) is 4.79 Å². The molecule has 0 saturated heterocycles. The highest BCUT2D eigenvalue weighted by Gasteiger charge is 2.09. The van der Waals surface area contributed by atoms with Crippen molar-refractivity contribution >= 4 is 34.3 Å². The summed E-state index contributed by atoms with van der Waals surface area (Å²) >= 11 is 2.15. The largest absolute Gasteiger partial charge is 0.306 e. The minimum Gasteiger partial charge on any atom is -0.306 e. The number of rotatable bonds is 2. The number of anilines is 1. The summed E-state index contributed by atoms with van der Waals surface area (Å²) in [6, 6.07) is 7.45. The number of benzene rings is 1. The van der Waals surface area contributed by atoms with Gasteiger partial charge in [-0.2, -0.15) is 0 Å². The van der Waals surface area contributed by atoms with Crippen molar-refractivity contribution in [2.45, 2.75) is 6.92 Å². The van der Waals surface area contributed by atoms with Crippen LogP contribution >= 0.6 is 22.6 Å². The van der Waals surface area contributed by atoms with Crippen molar-refractivity contribution in [3.63, 3.8) is 0 Å². The fourth-order valence-corrected chi connectivity index (χ4v) is 2.09. The van der Waals surface area contributed by atoms with E-state index in [0.29, 0.717) is 5.82 Å². The molecule has 0 spiro atoms. The highest BCUT2D eigenvalue weighted by Crippen LogP contribution is 2.15. The van der Waals surface area contributed by atoms with Gasteiger partial charge in [0, 0.05) is 15.3 Å². The standard InChI is InChI=1S/C13H10FIN2O/c1-8-5-11(15)7-16-12(8)17-13(18)9-3-2-4-10(14)6-9/h2-7H,1H3,(H,16,17,18). The minimum atomic E-state index is -0.435. The molecule has 0 aliphatic carbocycles. The zero-order valence-electron chi connectivity index (χ0n) is 9.58. The van der Waals surface area contributed by atoms with Gasteiger partial charge in [0.25, 0.3) is 5.91 Å². The first-order valence-electron chi connectivity index (χ1n) is 5.25. The Hall–Kier alpha value is -1.50. The molecular formula is C13H10FIN2O. The second-order valence-electron chi connectivity index (χ2n) is 3.78. The monoisotopic (exact) mass is 356 g/mol. The average Bonchev–Trinajstić information content (AvgIpc) is 2.32. The predicted molar refractivity (Wildman–Crippen MR) is 76.0 cm³/mol. The molecule has 0 aliphatic heterocycles. The number of carbonyl (C=O) groups excluding carboxylic acids is 1. The molecule has 1 amide bonds. The zero-order chi connectivity index (χ0) is 13.1. The summed E-state index contributed by atoms with van der Waals surface area (Å²) in [5.41, 5.74) is 1.14. The van der Waals surface area contributed by atoms with E-state index in [9.17, 15) is 9.18 Å². The topological polar surface area (TPSA) is 42.0 Å². The van der Waals surface area contributed by atoms with E-state index in [1.54, 1.807) is 12.3 Å². The maximum absolute atomic E-state index is 13.0. The van der Waals surface area contributed by atoms with Crippen LogP contribution < -0.4 is 5.32 Å². The summed E-state index contributed by atoms with van der Waals surface area (Å²) in [4.78, 5) is 16.0. The maximum atomic E-state index is 13.0. The first-order valence-corrected chi connectivity index (χ1v) is 6.33. The van der Waals surface area contributed by atoms with Crippen LogP contribution in [-0.4, -0.2) is 10.9 Å². The fraction of sp³-hybridized carbons (Fsp3) is 0.0769. The summed E-state index contributed by atoms with van der Waals surface area (Å²) in [5, 5.41) is 2.66. The number of nitrogens with zero attached hydrogens (tertiary/aromatic N) is 1. The van der Waals surface area contributed by atoms with Gasteiger partial charge in [-0.05, 0) is 59.3 Å². The fourth-order valence-electron chi connectivity index (χ4n) is 1.48. The van der Waals surface area contributed by atoms with Crippen LogP contribution in [-0.2, 0) is 0 Å².